The summed E-state index contributed by atoms with van der Waals surface area (Å²) in [6.45, 7) is 0.0256. The fraction of sp³-hybridized carbons (Fsp3) is 0.778. The highest BCUT2D eigenvalue weighted by Crippen LogP contribution is 2.00. The van der Waals surface area contributed by atoms with Gasteiger partial charge in [-0.1, -0.05) is 6.42 Å². The zero-order valence-electron chi connectivity index (χ0n) is 9.32. The Kier molecular flexibility index (Phi) is 9.94. The Hall–Kier alpha value is -0.950. The quantitative estimate of drug-likeness (QED) is 0.417. The fourth-order valence-corrected chi connectivity index (χ4v) is 1.44. The van der Waals surface area contributed by atoms with Gasteiger partial charge in [-0.05, 0) is 24.9 Å². The van der Waals surface area contributed by atoms with E-state index < -0.39 is 18.6 Å². The van der Waals surface area contributed by atoms with Crippen LogP contribution in [0.2, 0.25) is 0 Å². The van der Waals surface area contributed by atoms with Crippen molar-refractivity contribution in [2.45, 2.75) is 19.3 Å². The van der Waals surface area contributed by atoms with E-state index in [2.05, 4.69) is 16.4 Å². The molecule has 0 saturated heterocycles. The fourth-order valence-electron chi connectivity index (χ4n) is 0.950. The first-order valence-corrected chi connectivity index (χ1v) is 6.42. The lowest BCUT2D eigenvalue weighted by atomic mass is 10.2. The van der Waals surface area contributed by atoms with Crippen molar-refractivity contribution in [3.05, 3.63) is 0 Å². The summed E-state index contributed by atoms with van der Waals surface area (Å²) in [5.41, 5.74) is 1.98. The van der Waals surface area contributed by atoms with Crippen LogP contribution in [0.4, 0.5) is 4.79 Å². The molecule has 0 aliphatic carbocycles. The van der Waals surface area contributed by atoms with Gasteiger partial charge in [-0.2, -0.15) is 11.8 Å². The van der Waals surface area contributed by atoms with Crippen LogP contribution in [-0.4, -0.2) is 42.3 Å². The second-order valence-corrected chi connectivity index (χ2v) is 4.08. The normalized spacial score (nSPS) is 9.81. The molecule has 0 radical (unpaired) electrons. The summed E-state index contributed by atoms with van der Waals surface area (Å²) in [6.07, 6.45) is 5.18. The Bertz CT molecular complexity index is 214. The number of amides is 2. The minimum Gasteiger partial charge on any atom is -0.479 e. The van der Waals surface area contributed by atoms with Crippen molar-refractivity contribution >= 4 is 23.8 Å². The van der Waals surface area contributed by atoms with Crippen LogP contribution in [0.15, 0.2) is 0 Å². The number of carbonyl (C=O) groups excluding carboxylic acids is 1. The van der Waals surface area contributed by atoms with Crippen LogP contribution in [0.3, 0.4) is 0 Å². The van der Waals surface area contributed by atoms with Gasteiger partial charge < -0.3 is 10.4 Å². The Labute approximate surface area is 99.1 Å². The van der Waals surface area contributed by atoms with Crippen molar-refractivity contribution in [3.8, 4) is 0 Å². The number of nitrogens with one attached hydrogen (secondary N) is 2. The van der Waals surface area contributed by atoms with Crippen LogP contribution in [0.1, 0.15) is 19.3 Å². The molecule has 0 fully saturated rings. The van der Waals surface area contributed by atoms with Crippen LogP contribution in [-0.2, 0) is 9.63 Å². The number of urea groups is 1. The van der Waals surface area contributed by atoms with Crippen LogP contribution >= 0.6 is 11.8 Å². The van der Waals surface area contributed by atoms with Crippen LogP contribution < -0.4 is 10.8 Å². The summed E-state index contributed by atoms with van der Waals surface area (Å²) in [4.78, 5) is 25.4. The van der Waals surface area contributed by atoms with Crippen LogP contribution in [0, 0.1) is 0 Å². The van der Waals surface area contributed by atoms with Gasteiger partial charge in [-0.3, -0.25) is 4.84 Å². The minimum absolute atomic E-state index is 0.508. The Morgan fingerprint density at radius 1 is 1.31 bits per heavy atom. The molecule has 0 rings (SSSR count). The number of hydrogen-bond acceptors (Lipinski definition) is 4. The summed E-state index contributed by atoms with van der Waals surface area (Å²) < 4.78 is 0. The van der Waals surface area contributed by atoms with Gasteiger partial charge in [-0.25, -0.2) is 15.1 Å². The average Bonchev–Trinajstić information content (AvgIpc) is 2.22. The van der Waals surface area contributed by atoms with Gasteiger partial charge in [-0.15, -0.1) is 0 Å². The number of thioether (sulfide) groups is 1. The molecule has 94 valence electrons. The molecule has 7 heteroatoms. The maximum absolute atomic E-state index is 11.0. The average molecular weight is 250 g/mol. The van der Waals surface area contributed by atoms with E-state index in [0.717, 1.165) is 25.0 Å². The predicted octanol–water partition coefficient (Wildman–Crippen LogP) is 0.835. The van der Waals surface area contributed by atoms with E-state index in [1.54, 1.807) is 11.8 Å². The van der Waals surface area contributed by atoms with Crippen molar-refractivity contribution in [1.82, 2.24) is 10.8 Å². The van der Waals surface area contributed by atoms with Crippen molar-refractivity contribution in [3.63, 3.8) is 0 Å². The molecule has 0 aromatic heterocycles. The summed E-state index contributed by atoms with van der Waals surface area (Å²) in [5, 5.41) is 10.8. The predicted molar refractivity (Wildman–Crippen MR) is 62.4 cm³/mol. The molecule has 0 heterocycles. The van der Waals surface area contributed by atoms with Gasteiger partial charge in [0.2, 0.25) is 0 Å². The lowest BCUT2D eigenvalue weighted by molar-refractivity contribution is -0.144. The van der Waals surface area contributed by atoms with Crippen molar-refractivity contribution in [2.24, 2.45) is 0 Å². The summed E-state index contributed by atoms with van der Waals surface area (Å²) in [7, 11) is 0. The number of rotatable bonds is 9. The van der Waals surface area contributed by atoms with E-state index in [9.17, 15) is 9.59 Å². The van der Waals surface area contributed by atoms with Crippen molar-refractivity contribution < 1.29 is 19.5 Å². The third kappa shape index (κ3) is 11.1. The summed E-state index contributed by atoms with van der Waals surface area (Å²) in [6, 6.07) is -0.508. The molecule has 2 amide bonds. The zero-order chi connectivity index (χ0) is 12.2. The summed E-state index contributed by atoms with van der Waals surface area (Å²) >= 11 is 1.80. The first-order valence-electron chi connectivity index (χ1n) is 5.03. The summed E-state index contributed by atoms with van der Waals surface area (Å²) in [5.74, 6) is 0.00542. The standard InChI is InChI=1S/C9H18N2O4S/c1-16-6-4-2-3-5-10-9(14)11-15-7-8(12)13/h2-7H2,1H3,(H,12,13)(H2,10,11,14). The third-order valence-electron chi connectivity index (χ3n) is 1.67. The number of unbranched alkanes of at least 4 members (excludes halogenated alkanes) is 2. The highest BCUT2D eigenvalue weighted by atomic mass is 32.2. The van der Waals surface area contributed by atoms with E-state index in [-0.39, 0.29) is 0 Å². The molecule has 16 heavy (non-hydrogen) atoms. The van der Waals surface area contributed by atoms with Crippen LogP contribution in [0.5, 0.6) is 0 Å². The van der Waals surface area contributed by atoms with Crippen molar-refractivity contribution in [2.75, 3.05) is 25.2 Å². The Balaban J connectivity index is 3.20. The van der Waals surface area contributed by atoms with Gasteiger partial charge in [0.1, 0.15) is 0 Å². The second-order valence-electron chi connectivity index (χ2n) is 3.09. The van der Waals surface area contributed by atoms with E-state index in [1.807, 2.05) is 5.48 Å². The number of carbonyl (C=O) groups is 2. The van der Waals surface area contributed by atoms with Gasteiger partial charge in [0.25, 0.3) is 0 Å². The van der Waals surface area contributed by atoms with E-state index in [1.165, 1.54) is 0 Å². The lowest BCUT2D eigenvalue weighted by Gasteiger charge is -2.06. The molecule has 0 aliphatic heterocycles. The highest BCUT2D eigenvalue weighted by molar-refractivity contribution is 7.98. The lowest BCUT2D eigenvalue weighted by Crippen LogP contribution is -2.37. The molecule has 6 nitrogen and oxygen atoms in total. The molecule has 0 spiro atoms. The molecular formula is C9H18N2O4S. The first-order chi connectivity index (χ1) is 7.66. The van der Waals surface area contributed by atoms with Gasteiger partial charge in [0, 0.05) is 6.54 Å². The monoisotopic (exact) mass is 250 g/mol. The number of aliphatic carboxylic acids is 1. The van der Waals surface area contributed by atoms with Gasteiger partial charge >= 0.3 is 12.0 Å². The first kappa shape index (κ1) is 15.0. The molecule has 0 bridgehead atoms. The maximum atomic E-state index is 11.0. The Morgan fingerprint density at radius 2 is 2.06 bits per heavy atom. The SMILES string of the molecule is CSCCCCCNC(=O)NOCC(=O)O. The molecule has 3 N–H and O–H groups in total. The third-order valence-corrected chi connectivity index (χ3v) is 2.37. The minimum atomic E-state index is -1.13. The van der Waals surface area contributed by atoms with E-state index >= 15 is 0 Å². The molecule has 0 aromatic carbocycles. The van der Waals surface area contributed by atoms with Crippen molar-refractivity contribution in [1.29, 1.82) is 0 Å². The maximum Gasteiger partial charge on any atom is 0.338 e. The number of carboxylic acids is 1. The smallest absolute Gasteiger partial charge is 0.338 e. The topological polar surface area (TPSA) is 87.7 Å². The molecule has 0 aliphatic rings. The zero-order valence-corrected chi connectivity index (χ0v) is 10.1. The van der Waals surface area contributed by atoms with Gasteiger partial charge in [0.15, 0.2) is 6.61 Å². The Morgan fingerprint density at radius 3 is 2.69 bits per heavy atom. The molecular weight excluding hydrogens is 232 g/mol. The number of carboxylic acid groups (broad SMARTS) is 1. The van der Waals surface area contributed by atoms with E-state index in [4.69, 9.17) is 5.11 Å². The molecule has 0 atom stereocenters. The number of hydrogen-bond donors (Lipinski definition) is 3. The number of hydroxylamine groups is 1. The molecule has 0 unspecified atom stereocenters. The largest absolute Gasteiger partial charge is 0.479 e. The second kappa shape index (κ2) is 10.6. The van der Waals surface area contributed by atoms with Gasteiger partial charge in [0.05, 0.1) is 0 Å². The molecule has 0 saturated carbocycles. The highest BCUT2D eigenvalue weighted by Gasteiger charge is 2.01. The van der Waals surface area contributed by atoms with Crippen LogP contribution in [0.25, 0.3) is 0 Å². The molecule has 0 aromatic rings. The van der Waals surface area contributed by atoms with E-state index in [0.29, 0.717) is 6.54 Å².